The van der Waals surface area contributed by atoms with E-state index in [-0.39, 0.29) is 12.4 Å². The largest absolute Gasteiger partial charge is 0.493 e. The second kappa shape index (κ2) is 8.53. The Morgan fingerprint density at radius 2 is 2.18 bits per heavy atom. The summed E-state index contributed by atoms with van der Waals surface area (Å²) < 4.78 is 23.2. The maximum absolute atomic E-state index is 11.5. The molecule has 0 aliphatic rings. The highest BCUT2D eigenvalue weighted by molar-refractivity contribution is 7.71. The number of carbonyl (C=O) groups is 1. The molecule has 10 heteroatoms. The number of esters is 1. The molecule has 0 atom stereocenters. The first kappa shape index (κ1) is 19.4. The monoisotopic (exact) mass is 402 g/mol. The molecule has 146 valence electrons. The average molecular weight is 402 g/mol. The predicted octanol–water partition coefficient (Wildman–Crippen LogP) is 3.10. The van der Waals surface area contributed by atoms with Crippen LogP contribution in [0.4, 0.5) is 0 Å². The number of para-hydroxylation sites is 1. The summed E-state index contributed by atoms with van der Waals surface area (Å²) in [5.74, 6) is 1.63. The van der Waals surface area contributed by atoms with Crippen LogP contribution >= 0.6 is 12.2 Å². The van der Waals surface area contributed by atoms with Crippen LogP contribution in [0.25, 0.3) is 0 Å². The van der Waals surface area contributed by atoms with Crippen LogP contribution in [-0.2, 0) is 11.3 Å². The molecular weight excluding hydrogens is 384 g/mol. The molecule has 9 nitrogen and oxygen atoms in total. The number of aryl methyl sites for hydroxylation is 1. The molecule has 0 fully saturated rings. The molecule has 3 rings (SSSR count). The molecule has 0 radical (unpaired) electrons. The molecular formula is C18H18N4O5S. The summed E-state index contributed by atoms with van der Waals surface area (Å²) in [6, 6.07) is 8.57. The van der Waals surface area contributed by atoms with Crippen molar-refractivity contribution in [2.24, 2.45) is 5.10 Å². The van der Waals surface area contributed by atoms with Crippen LogP contribution in [0.2, 0.25) is 0 Å². The SMILES string of the molecule is COC(=O)c1ccc(COc2c(/C=N\n3c(C)n[nH]c3=S)cccc2OC)o1. The summed E-state index contributed by atoms with van der Waals surface area (Å²) in [6.45, 7) is 1.87. The molecule has 0 saturated heterocycles. The summed E-state index contributed by atoms with van der Waals surface area (Å²) in [5, 5.41) is 11.0. The lowest BCUT2D eigenvalue weighted by atomic mass is 10.2. The topological polar surface area (TPSA) is 104 Å². The third-order valence-corrected chi connectivity index (χ3v) is 4.03. The summed E-state index contributed by atoms with van der Waals surface area (Å²) in [7, 11) is 2.83. The van der Waals surface area contributed by atoms with Crippen LogP contribution in [0.1, 0.15) is 27.7 Å². The first-order valence-corrected chi connectivity index (χ1v) is 8.59. The second-order valence-electron chi connectivity index (χ2n) is 5.56. The van der Waals surface area contributed by atoms with Gasteiger partial charge >= 0.3 is 5.97 Å². The Kier molecular flexibility index (Phi) is 5.90. The third kappa shape index (κ3) is 4.12. The number of hydrogen-bond acceptors (Lipinski definition) is 8. The molecule has 0 spiro atoms. The number of benzene rings is 1. The Bertz CT molecular complexity index is 1070. The molecule has 3 aromatic rings. The number of aromatic nitrogens is 3. The zero-order chi connectivity index (χ0) is 20.1. The Labute approximate surface area is 165 Å². The molecule has 2 heterocycles. The Morgan fingerprint density at radius 1 is 1.36 bits per heavy atom. The smallest absolute Gasteiger partial charge is 0.373 e. The first-order valence-electron chi connectivity index (χ1n) is 8.18. The normalized spacial score (nSPS) is 11.0. The van der Waals surface area contributed by atoms with Crippen molar-refractivity contribution >= 4 is 24.4 Å². The molecule has 1 N–H and O–H groups in total. The molecule has 28 heavy (non-hydrogen) atoms. The highest BCUT2D eigenvalue weighted by Crippen LogP contribution is 2.31. The second-order valence-corrected chi connectivity index (χ2v) is 5.94. The number of ether oxygens (including phenoxy) is 3. The van der Waals surface area contributed by atoms with Gasteiger partial charge in [-0.25, -0.2) is 4.79 Å². The summed E-state index contributed by atoms with van der Waals surface area (Å²) in [4.78, 5) is 11.5. The van der Waals surface area contributed by atoms with Crippen LogP contribution in [0.3, 0.4) is 0 Å². The van der Waals surface area contributed by atoms with E-state index in [0.29, 0.717) is 33.4 Å². The van der Waals surface area contributed by atoms with Gasteiger partial charge in [0.25, 0.3) is 0 Å². The van der Waals surface area contributed by atoms with Gasteiger partial charge in [-0.2, -0.15) is 14.9 Å². The van der Waals surface area contributed by atoms with E-state index in [4.69, 9.17) is 26.1 Å². The number of rotatable bonds is 7. The van der Waals surface area contributed by atoms with Crippen molar-refractivity contribution in [2.75, 3.05) is 14.2 Å². The third-order valence-electron chi connectivity index (χ3n) is 3.76. The lowest BCUT2D eigenvalue weighted by Crippen LogP contribution is -2.02. The van der Waals surface area contributed by atoms with Gasteiger partial charge in [-0.05, 0) is 43.4 Å². The number of carbonyl (C=O) groups excluding carboxylic acids is 1. The van der Waals surface area contributed by atoms with E-state index in [0.717, 1.165) is 0 Å². The van der Waals surface area contributed by atoms with Gasteiger partial charge in [-0.3, -0.25) is 5.10 Å². The van der Waals surface area contributed by atoms with Gasteiger partial charge in [0.05, 0.1) is 20.4 Å². The highest BCUT2D eigenvalue weighted by Gasteiger charge is 2.14. The van der Waals surface area contributed by atoms with Gasteiger partial charge in [0, 0.05) is 5.56 Å². The Balaban J connectivity index is 1.84. The minimum Gasteiger partial charge on any atom is -0.493 e. The molecule has 0 unspecified atom stereocenters. The van der Waals surface area contributed by atoms with Gasteiger partial charge in [-0.1, -0.05) is 6.07 Å². The van der Waals surface area contributed by atoms with Crippen molar-refractivity contribution in [3.05, 3.63) is 58.0 Å². The van der Waals surface area contributed by atoms with Gasteiger partial charge in [0.1, 0.15) is 18.2 Å². The number of furan rings is 1. The standard InChI is InChI=1S/C18H18N4O5S/c1-11-20-21-18(28)22(11)19-9-12-5-4-6-14(24-2)16(12)26-10-13-7-8-15(27-13)17(23)25-3/h4-9H,10H2,1-3H3,(H,21,28)/b19-9-. The van der Waals surface area contributed by atoms with Crippen LogP contribution in [0.15, 0.2) is 39.9 Å². The molecule has 1 aromatic carbocycles. The van der Waals surface area contributed by atoms with Crippen LogP contribution < -0.4 is 9.47 Å². The summed E-state index contributed by atoms with van der Waals surface area (Å²) in [6.07, 6.45) is 1.60. The number of methoxy groups -OCH3 is 2. The van der Waals surface area contributed by atoms with E-state index in [2.05, 4.69) is 20.0 Å². The van der Waals surface area contributed by atoms with Crippen LogP contribution in [-0.4, -0.2) is 41.3 Å². The van der Waals surface area contributed by atoms with Gasteiger partial charge in [0.2, 0.25) is 10.5 Å². The molecule has 0 bridgehead atoms. The van der Waals surface area contributed by atoms with Crippen molar-refractivity contribution in [2.45, 2.75) is 13.5 Å². The minimum absolute atomic E-state index is 0.0857. The molecule has 0 aliphatic carbocycles. The maximum Gasteiger partial charge on any atom is 0.373 e. The molecule has 0 aliphatic heterocycles. The molecule has 0 saturated carbocycles. The quantitative estimate of drug-likeness (QED) is 0.368. The fourth-order valence-corrected chi connectivity index (χ4v) is 2.61. The number of hydrogen-bond donors (Lipinski definition) is 1. The van der Waals surface area contributed by atoms with Crippen molar-refractivity contribution in [1.29, 1.82) is 0 Å². The van der Waals surface area contributed by atoms with Crippen molar-refractivity contribution in [1.82, 2.24) is 14.9 Å². The van der Waals surface area contributed by atoms with Gasteiger partial charge in [0.15, 0.2) is 11.5 Å². The van der Waals surface area contributed by atoms with Crippen LogP contribution in [0.5, 0.6) is 11.5 Å². The van der Waals surface area contributed by atoms with E-state index in [9.17, 15) is 4.79 Å². The maximum atomic E-state index is 11.5. The van der Waals surface area contributed by atoms with Crippen molar-refractivity contribution < 1.29 is 23.4 Å². The fourth-order valence-electron chi connectivity index (χ4n) is 2.39. The number of aromatic amines is 1. The average Bonchev–Trinajstić information content (AvgIpc) is 3.31. The van der Waals surface area contributed by atoms with E-state index in [1.165, 1.54) is 17.9 Å². The van der Waals surface area contributed by atoms with Gasteiger partial charge < -0.3 is 18.6 Å². The van der Waals surface area contributed by atoms with Gasteiger partial charge in [-0.15, -0.1) is 0 Å². The number of nitrogens with zero attached hydrogens (tertiary/aromatic N) is 3. The van der Waals surface area contributed by atoms with E-state index in [1.807, 2.05) is 12.1 Å². The summed E-state index contributed by atoms with van der Waals surface area (Å²) >= 11 is 5.14. The predicted molar refractivity (Wildman–Crippen MR) is 103 cm³/mol. The zero-order valence-corrected chi connectivity index (χ0v) is 16.3. The fraction of sp³-hybridized carbons (Fsp3) is 0.222. The van der Waals surface area contributed by atoms with E-state index >= 15 is 0 Å². The number of nitrogens with one attached hydrogen (secondary N) is 1. The van der Waals surface area contributed by atoms with E-state index < -0.39 is 5.97 Å². The van der Waals surface area contributed by atoms with Crippen molar-refractivity contribution in [3.8, 4) is 11.5 Å². The van der Waals surface area contributed by atoms with Crippen LogP contribution in [0, 0.1) is 11.7 Å². The number of H-pyrrole nitrogens is 1. The van der Waals surface area contributed by atoms with Crippen molar-refractivity contribution in [3.63, 3.8) is 0 Å². The van der Waals surface area contributed by atoms with E-state index in [1.54, 1.807) is 32.4 Å². The summed E-state index contributed by atoms with van der Waals surface area (Å²) in [5.41, 5.74) is 0.668. The molecule has 2 aromatic heterocycles. The highest BCUT2D eigenvalue weighted by atomic mass is 32.1. The zero-order valence-electron chi connectivity index (χ0n) is 15.5. The first-order chi connectivity index (χ1) is 13.5. The Hall–Kier alpha value is -3.40. The minimum atomic E-state index is -0.552. The lowest BCUT2D eigenvalue weighted by Gasteiger charge is -2.12. The Morgan fingerprint density at radius 3 is 2.86 bits per heavy atom. The lowest BCUT2D eigenvalue weighted by molar-refractivity contribution is 0.0561. The molecule has 0 amide bonds.